The number of hydrazone groups is 1. The van der Waals surface area contributed by atoms with Crippen LogP contribution in [0.1, 0.15) is 19.4 Å². The first-order chi connectivity index (χ1) is 15.5. The van der Waals surface area contributed by atoms with Crippen LogP contribution in [0.5, 0.6) is 11.5 Å². The zero-order valence-corrected chi connectivity index (χ0v) is 17.7. The van der Waals surface area contributed by atoms with Crippen molar-refractivity contribution >= 4 is 40.1 Å². The number of rotatable bonds is 7. The summed E-state index contributed by atoms with van der Waals surface area (Å²) < 4.78 is 10.9. The number of carbonyl (C=O) groups is 2. The minimum atomic E-state index is -1.07. The second kappa shape index (κ2) is 8.93. The van der Waals surface area contributed by atoms with Crippen LogP contribution >= 0.6 is 0 Å². The van der Waals surface area contributed by atoms with Gasteiger partial charge in [-0.3, -0.25) is 4.79 Å². The lowest BCUT2D eigenvalue weighted by atomic mass is 10.1. The lowest BCUT2D eigenvalue weighted by molar-refractivity contribution is -0.139. The number of hydrogen-bond donors (Lipinski definition) is 1. The van der Waals surface area contributed by atoms with E-state index in [4.69, 9.17) is 14.6 Å². The van der Waals surface area contributed by atoms with Crippen molar-refractivity contribution in [1.82, 2.24) is 0 Å². The third kappa shape index (κ3) is 4.32. The number of anilines is 1. The predicted octanol–water partition coefficient (Wildman–Crippen LogP) is 4.51. The lowest BCUT2D eigenvalue weighted by Crippen LogP contribution is -2.21. The highest BCUT2D eigenvalue weighted by molar-refractivity contribution is 6.32. The molecule has 162 valence electrons. The Balaban J connectivity index is 1.62. The van der Waals surface area contributed by atoms with Gasteiger partial charge in [-0.15, -0.1) is 0 Å². The molecule has 0 aliphatic carbocycles. The Hall–Kier alpha value is -4.13. The highest BCUT2D eigenvalue weighted by Crippen LogP contribution is 2.31. The number of ether oxygens (including phenoxy) is 2. The standard InChI is InChI=1S/C25H22N2O5/c1-3-31-23-13-17(8-11-22(23)32-15-24(28)29)12-21-16(2)26-27(25(21)30)20-10-9-18-6-4-5-7-19(18)14-20/h4-14H,3,15H2,1-2H3,(H,28,29)/b21-12-. The molecule has 1 aliphatic rings. The van der Waals surface area contributed by atoms with E-state index in [1.807, 2.05) is 49.4 Å². The van der Waals surface area contributed by atoms with Gasteiger partial charge in [0.1, 0.15) is 0 Å². The molecule has 0 spiro atoms. The number of nitrogens with zero attached hydrogens (tertiary/aromatic N) is 2. The average molecular weight is 430 g/mol. The SMILES string of the molecule is CCOc1cc(/C=C2\C(=O)N(c3ccc4ccccc4c3)N=C2C)ccc1OCC(=O)O. The van der Waals surface area contributed by atoms with Crippen LogP contribution in [0.25, 0.3) is 16.8 Å². The molecule has 1 N–H and O–H groups in total. The zero-order valence-electron chi connectivity index (χ0n) is 17.7. The maximum Gasteiger partial charge on any atom is 0.341 e. The van der Waals surface area contributed by atoms with Gasteiger partial charge in [-0.2, -0.15) is 10.1 Å². The summed E-state index contributed by atoms with van der Waals surface area (Å²) in [7, 11) is 0. The van der Waals surface area contributed by atoms with Gasteiger partial charge in [-0.25, -0.2) is 4.79 Å². The number of hydrogen-bond acceptors (Lipinski definition) is 5. The Morgan fingerprint density at radius 3 is 2.56 bits per heavy atom. The highest BCUT2D eigenvalue weighted by Gasteiger charge is 2.29. The molecule has 3 aromatic carbocycles. The second-order valence-corrected chi connectivity index (χ2v) is 7.21. The van der Waals surface area contributed by atoms with E-state index in [1.165, 1.54) is 5.01 Å². The monoisotopic (exact) mass is 430 g/mol. The van der Waals surface area contributed by atoms with E-state index in [1.54, 1.807) is 31.2 Å². The first-order valence-electron chi connectivity index (χ1n) is 10.2. The van der Waals surface area contributed by atoms with Gasteiger partial charge >= 0.3 is 5.97 Å². The Bertz CT molecular complexity index is 1260. The Labute approximate surface area is 185 Å². The van der Waals surface area contributed by atoms with Crippen molar-refractivity contribution in [1.29, 1.82) is 0 Å². The normalized spacial score (nSPS) is 14.7. The summed E-state index contributed by atoms with van der Waals surface area (Å²) in [5, 5.41) is 16.8. The molecule has 32 heavy (non-hydrogen) atoms. The molecule has 1 aliphatic heterocycles. The van der Waals surface area contributed by atoms with E-state index in [-0.39, 0.29) is 5.91 Å². The number of fused-ring (bicyclic) bond motifs is 1. The largest absolute Gasteiger partial charge is 0.490 e. The van der Waals surface area contributed by atoms with Crippen LogP contribution in [-0.2, 0) is 9.59 Å². The lowest BCUT2D eigenvalue weighted by Gasteiger charge is -2.13. The fourth-order valence-electron chi connectivity index (χ4n) is 3.48. The first-order valence-corrected chi connectivity index (χ1v) is 10.2. The van der Waals surface area contributed by atoms with Gasteiger partial charge < -0.3 is 14.6 Å². The van der Waals surface area contributed by atoms with Gasteiger partial charge in [0.15, 0.2) is 18.1 Å². The van der Waals surface area contributed by atoms with Crippen LogP contribution in [-0.4, -0.2) is 35.9 Å². The van der Waals surface area contributed by atoms with Crippen molar-refractivity contribution in [2.24, 2.45) is 5.10 Å². The molecule has 0 saturated carbocycles. The van der Waals surface area contributed by atoms with Crippen molar-refractivity contribution in [2.45, 2.75) is 13.8 Å². The molecule has 0 saturated heterocycles. The molecular formula is C25H22N2O5. The number of carboxylic acid groups (broad SMARTS) is 1. The summed E-state index contributed by atoms with van der Waals surface area (Å²) in [6.45, 7) is 3.54. The number of benzene rings is 3. The van der Waals surface area contributed by atoms with Crippen LogP contribution in [0.2, 0.25) is 0 Å². The van der Waals surface area contributed by atoms with Crippen LogP contribution in [0.4, 0.5) is 5.69 Å². The zero-order chi connectivity index (χ0) is 22.7. The summed E-state index contributed by atoms with van der Waals surface area (Å²) in [6, 6.07) is 18.8. The van der Waals surface area contributed by atoms with Gasteiger partial charge in [-0.05, 0) is 60.5 Å². The summed E-state index contributed by atoms with van der Waals surface area (Å²) >= 11 is 0. The molecule has 0 bridgehead atoms. The predicted molar refractivity (Wildman–Crippen MR) is 123 cm³/mol. The van der Waals surface area contributed by atoms with Gasteiger partial charge in [0, 0.05) is 0 Å². The summed E-state index contributed by atoms with van der Waals surface area (Å²) in [5.74, 6) is -0.551. The maximum absolute atomic E-state index is 13.1. The first kappa shape index (κ1) is 21.1. The molecule has 0 fully saturated rings. The van der Waals surface area contributed by atoms with Crippen molar-refractivity contribution in [3.8, 4) is 11.5 Å². The average Bonchev–Trinajstić information content (AvgIpc) is 3.06. The number of carboxylic acids is 1. The molecule has 7 heteroatoms. The van der Waals surface area contributed by atoms with Crippen LogP contribution in [0.3, 0.4) is 0 Å². The van der Waals surface area contributed by atoms with Crippen LogP contribution < -0.4 is 14.5 Å². The number of amides is 1. The van der Waals surface area contributed by atoms with E-state index in [2.05, 4.69) is 5.10 Å². The molecular weight excluding hydrogens is 408 g/mol. The Morgan fingerprint density at radius 2 is 1.81 bits per heavy atom. The smallest absolute Gasteiger partial charge is 0.341 e. The third-order valence-corrected chi connectivity index (χ3v) is 4.97. The quantitative estimate of drug-likeness (QED) is 0.557. The van der Waals surface area contributed by atoms with E-state index in [9.17, 15) is 9.59 Å². The van der Waals surface area contributed by atoms with Crippen molar-refractivity contribution < 1.29 is 24.2 Å². The van der Waals surface area contributed by atoms with Crippen molar-refractivity contribution in [3.63, 3.8) is 0 Å². The van der Waals surface area contributed by atoms with E-state index >= 15 is 0 Å². The van der Waals surface area contributed by atoms with Crippen molar-refractivity contribution in [2.75, 3.05) is 18.2 Å². The van der Waals surface area contributed by atoms with Crippen LogP contribution in [0.15, 0.2) is 71.3 Å². The third-order valence-electron chi connectivity index (χ3n) is 4.97. The highest BCUT2D eigenvalue weighted by atomic mass is 16.5. The topological polar surface area (TPSA) is 88.4 Å². The minimum absolute atomic E-state index is 0.220. The molecule has 1 amide bonds. The van der Waals surface area contributed by atoms with Gasteiger partial charge in [0.25, 0.3) is 5.91 Å². The maximum atomic E-state index is 13.1. The fourth-order valence-corrected chi connectivity index (χ4v) is 3.48. The van der Waals surface area contributed by atoms with Gasteiger partial charge in [0.05, 0.1) is 23.6 Å². The summed E-state index contributed by atoms with van der Waals surface area (Å²) in [6.07, 6.45) is 1.74. The van der Waals surface area contributed by atoms with E-state index in [0.29, 0.717) is 35.1 Å². The Kier molecular flexibility index (Phi) is 5.89. The number of carbonyl (C=O) groups excluding carboxylic acids is 1. The number of aliphatic carboxylic acids is 1. The second-order valence-electron chi connectivity index (χ2n) is 7.21. The summed E-state index contributed by atoms with van der Waals surface area (Å²) in [4.78, 5) is 23.9. The van der Waals surface area contributed by atoms with Gasteiger partial charge in [0.2, 0.25) is 0 Å². The van der Waals surface area contributed by atoms with E-state index in [0.717, 1.165) is 16.3 Å². The molecule has 4 rings (SSSR count). The van der Waals surface area contributed by atoms with Crippen molar-refractivity contribution in [3.05, 3.63) is 71.8 Å². The van der Waals surface area contributed by atoms with Gasteiger partial charge in [-0.1, -0.05) is 36.4 Å². The Morgan fingerprint density at radius 1 is 1.03 bits per heavy atom. The fraction of sp³-hybridized carbons (Fsp3) is 0.160. The molecule has 7 nitrogen and oxygen atoms in total. The molecule has 0 aromatic heterocycles. The van der Waals surface area contributed by atoms with E-state index < -0.39 is 12.6 Å². The molecule has 0 unspecified atom stereocenters. The van der Waals surface area contributed by atoms with Crippen LogP contribution in [0, 0.1) is 0 Å². The summed E-state index contributed by atoms with van der Waals surface area (Å²) in [5.41, 5.74) is 2.49. The molecule has 0 radical (unpaired) electrons. The molecule has 3 aromatic rings. The molecule has 1 heterocycles. The minimum Gasteiger partial charge on any atom is -0.490 e. The molecule has 0 atom stereocenters.